The Bertz CT molecular complexity index is 669. The minimum absolute atomic E-state index is 0.138. The van der Waals surface area contributed by atoms with Crippen LogP contribution in [0.1, 0.15) is 48.2 Å². The van der Waals surface area contributed by atoms with Gasteiger partial charge in [-0.25, -0.2) is 14.8 Å². The van der Waals surface area contributed by atoms with E-state index in [9.17, 15) is 9.90 Å². The molecule has 2 rings (SSSR count). The van der Waals surface area contributed by atoms with E-state index in [0.29, 0.717) is 17.8 Å². The molecule has 0 aliphatic carbocycles. The molecule has 4 nitrogen and oxygen atoms in total. The first-order valence-electron chi connectivity index (χ1n) is 7.82. The van der Waals surface area contributed by atoms with Crippen molar-refractivity contribution in [2.24, 2.45) is 0 Å². The minimum atomic E-state index is -0.945. The molecule has 0 saturated carbocycles. The summed E-state index contributed by atoms with van der Waals surface area (Å²) in [5.41, 5.74) is 2.91. The maximum absolute atomic E-state index is 11.3. The number of aromatic nitrogens is 2. The summed E-state index contributed by atoms with van der Waals surface area (Å²) in [7, 11) is 0. The van der Waals surface area contributed by atoms with Crippen LogP contribution < -0.4 is 0 Å². The van der Waals surface area contributed by atoms with Crippen molar-refractivity contribution in [3.05, 3.63) is 47.3 Å². The van der Waals surface area contributed by atoms with Crippen LogP contribution in [0.3, 0.4) is 0 Å². The van der Waals surface area contributed by atoms with E-state index in [1.54, 1.807) is 12.1 Å². The van der Waals surface area contributed by atoms with E-state index in [-0.39, 0.29) is 10.9 Å². The summed E-state index contributed by atoms with van der Waals surface area (Å²) >= 11 is 6.03. The molecule has 1 atom stereocenters. The SMILES string of the molecule is CCCCc1cnc(-c2ccc(C(=O)O)c(C[C@@H](C)Cl)c2)nc1. The second kappa shape index (κ2) is 8.06. The molecule has 122 valence electrons. The fraction of sp³-hybridized carbons (Fsp3) is 0.389. The number of carbonyl (C=O) groups is 1. The highest BCUT2D eigenvalue weighted by atomic mass is 35.5. The smallest absolute Gasteiger partial charge is 0.335 e. The fourth-order valence-electron chi connectivity index (χ4n) is 2.43. The maximum atomic E-state index is 11.3. The topological polar surface area (TPSA) is 63.1 Å². The van der Waals surface area contributed by atoms with Gasteiger partial charge in [0.2, 0.25) is 0 Å². The number of aromatic carboxylic acids is 1. The highest BCUT2D eigenvalue weighted by Crippen LogP contribution is 2.22. The van der Waals surface area contributed by atoms with Gasteiger partial charge < -0.3 is 5.11 Å². The summed E-state index contributed by atoms with van der Waals surface area (Å²) in [5, 5.41) is 9.15. The molecule has 2 aromatic rings. The van der Waals surface area contributed by atoms with Crippen LogP contribution in [0.25, 0.3) is 11.4 Å². The average Bonchev–Trinajstić information content (AvgIpc) is 2.52. The number of alkyl halides is 1. The van der Waals surface area contributed by atoms with Gasteiger partial charge in [0, 0.05) is 23.3 Å². The fourth-order valence-corrected chi connectivity index (χ4v) is 2.59. The van der Waals surface area contributed by atoms with Crippen LogP contribution in [-0.4, -0.2) is 26.4 Å². The molecule has 0 fully saturated rings. The Labute approximate surface area is 141 Å². The zero-order valence-electron chi connectivity index (χ0n) is 13.4. The van der Waals surface area contributed by atoms with Gasteiger partial charge in [-0.3, -0.25) is 0 Å². The van der Waals surface area contributed by atoms with Crippen LogP contribution in [0.2, 0.25) is 0 Å². The molecule has 0 radical (unpaired) electrons. The quantitative estimate of drug-likeness (QED) is 0.765. The van der Waals surface area contributed by atoms with E-state index in [2.05, 4.69) is 16.9 Å². The van der Waals surface area contributed by atoms with Crippen LogP contribution in [0.15, 0.2) is 30.6 Å². The number of rotatable bonds is 7. The molecule has 0 amide bonds. The van der Waals surface area contributed by atoms with E-state index in [1.165, 1.54) is 0 Å². The lowest BCUT2D eigenvalue weighted by Crippen LogP contribution is -2.07. The highest BCUT2D eigenvalue weighted by molar-refractivity contribution is 6.20. The molecule has 0 saturated heterocycles. The van der Waals surface area contributed by atoms with Gasteiger partial charge in [0.1, 0.15) is 0 Å². The van der Waals surface area contributed by atoms with Gasteiger partial charge in [-0.15, -0.1) is 11.6 Å². The molecule has 0 unspecified atom stereocenters. The van der Waals surface area contributed by atoms with Gasteiger partial charge in [0.15, 0.2) is 5.82 Å². The Hall–Kier alpha value is -1.94. The summed E-state index contributed by atoms with van der Waals surface area (Å²) in [4.78, 5) is 20.1. The zero-order valence-corrected chi connectivity index (χ0v) is 14.2. The second-order valence-electron chi connectivity index (χ2n) is 5.68. The van der Waals surface area contributed by atoms with E-state index in [1.807, 2.05) is 25.4 Å². The lowest BCUT2D eigenvalue weighted by molar-refractivity contribution is 0.0695. The predicted octanol–water partition coefficient (Wildman–Crippen LogP) is 4.35. The van der Waals surface area contributed by atoms with Crippen molar-refractivity contribution in [2.45, 2.75) is 44.9 Å². The predicted molar refractivity (Wildman–Crippen MR) is 92.1 cm³/mol. The molecule has 0 spiro atoms. The van der Waals surface area contributed by atoms with Gasteiger partial charge in [-0.1, -0.05) is 19.4 Å². The second-order valence-corrected chi connectivity index (χ2v) is 6.43. The first kappa shape index (κ1) is 17.4. The number of aryl methyl sites for hydroxylation is 1. The van der Waals surface area contributed by atoms with Crippen LogP contribution in [0.4, 0.5) is 0 Å². The summed E-state index contributed by atoms with van der Waals surface area (Å²) in [6.07, 6.45) is 7.40. The molecule has 0 bridgehead atoms. The first-order valence-corrected chi connectivity index (χ1v) is 8.26. The Morgan fingerprint density at radius 1 is 1.30 bits per heavy atom. The number of unbranched alkanes of at least 4 members (excludes halogenated alkanes) is 1. The van der Waals surface area contributed by atoms with Crippen molar-refractivity contribution in [1.82, 2.24) is 9.97 Å². The molecule has 23 heavy (non-hydrogen) atoms. The van der Waals surface area contributed by atoms with Crippen molar-refractivity contribution in [3.8, 4) is 11.4 Å². The summed E-state index contributed by atoms with van der Waals surface area (Å²) in [5.74, 6) is -0.342. The van der Waals surface area contributed by atoms with Crippen molar-refractivity contribution in [3.63, 3.8) is 0 Å². The van der Waals surface area contributed by atoms with Gasteiger partial charge >= 0.3 is 5.97 Å². The Balaban J connectivity index is 2.30. The van der Waals surface area contributed by atoms with Crippen LogP contribution in [0.5, 0.6) is 0 Å². The van der Waals surface area contributed by atoms with E-state index < -0.39 is 5.97 Å². The summed E-state index contributed by atoms with van der Waals surface area (Å²) in [6, 6.07) is 5.16. The summed E-state index contributed by atoms with van der Waals surface area (Å²) in [6.45, 7) is 4.00. The molecular formula is C18H21ClN2O2. The molecule has 0 aliphatic heterocycles. The molecule has 0 aliphatic rings. The Morgan fingerprint density at radius 2 is 2.00 bits per heavy atom. The average molecular weight is 333 g/mol. The van der Waals surface area contributed by atoms with E-state index in [4.69, 9.17) is 11.6 Å². The zero-order chi connectivity index (χ0) is 16.8. The number of benzene rings is 1. The third kappa shape index (κ3) is 4.76. The molecule has 5 heteroatoms. The van der Waals surface area contributed by atoms with Gasteiger partial charge in [-0.2, -0.15) is 0 Å². The lowest BCUT2D eigenvalue weighted by atomic mass is 9.99. The van der Waals surface area contributed by atoms with Crippen molar-refractivity contribution in [1.29, 1.82) is 0 Å². The number of nitrogens with zero attached hydrogens (tertiary/aromatic N) is 2. The Kier molecular flexibility index (Phi) is 6.11. The van der Waals surface area contributed by atoms with Crippen LogP contribution in [-0.2, 0) is 12.8 Å². The van der Waals surface area contributed by atoms with E-state index in [0.717, 1.165) is 30.4 Å². The Morgan fingerprint density at radius 3 is 2.57 bits per heavy atom. The van der Waals surface area contributed by atoms with Crippen molar-refractivity contribution < 1.29 is 9.90 Å². The monoisotopic (exact) mass is 332 g/mol. The minimum Gasteiger partial charge on any atom is -0.478 e. The lowest BCUT2D eigenvalue weighted by Gasteiger charge is -2.10. The number of hydrogen-bond donors (Lipinski definition) is 1. The standard InChI is InChI=1S/C18H21ClN2O2/c1-3-4-5-13-10-20-17(21-11-13)14-6-7-16(18(22)23)15(9-14)8-12(2)19/h6-7,9-12H,3-5,8H2,1-2H3,(H,22,23)/t12-/m1/s1. The van der Waals surface area contributed by atoms with Crippen LogP contribution >= 0.6 is 11.6 Å². The van der Waals surface area contributed by atoms with Crippen LogP contribution in [0, 0.1) is 0 Å². The maximum Gasteiger partial charge on any atom is 0.335 e. The van der Waals surface area contributed by atoms with Crippen molar-refractivity contribution >= 4 is 17.6 Å². The van der Waals surface area contributed by atoms with Crippen molar-refractivity contribution in [2.75, 3.05) is 0 Å². The molecular weight excluding hydrogens is 312 g/mol. The molecule has 1 heterocycles. The molecule has 1 aromatic heterocycles. The molecule has 1 N–H and O–H groups in total. The molecule has 1 aromatic carbocycles. The third-order valence-corrected chi connectivity index (χ3v) is 3.77. The van der Waals surface area contributed by atoms with Gasteiger partial charge in [0.25, 0.3) is 0 Å². The largest absolute Gasteiger partial charge is 0.478 e. The normalized spacial score (nSPS) is 12.1. The summed E-state index contributed by atoms with van der Waals surface area (Å²) < 4.78 is 0. The number of carboxylic acids is 1. The van der Waals surface area contributed by atoms with E-state index >= 15 is 0 Å². The third-order valence-electron chi connectivity index (χ3n) is 3.62. The number of carboxylic acid groups (broad SMARTS) is 1. The van der Waals surface area contributed by atoms with Gasteiger partial charge in [-0.05, 0) is 49.4 Å². The van der Waals surface area contributed by atoms with Gasteiger partial charge in [0.05, 0.1) is 5.56 Å². The highest BCUT2D eigenvalue weighted by Gasteiger charge is 2.14. The number of halogens is 1. The number of hydrogen-bond acceptors (Lipinski definition) is 3. The first-order chi connectivity index (χ1) is 11.0.